The van der Waals surface area contributed by atoms with Crippen LogP contribution in [-0.4, -0.2) is 26.0 Å². The van der Waals surface area contributed by atoms with Crippen LogP contribution in [-0.2, 0) is 0 Å². The maximum Gasteiger partial charge on any atom is 0.160 e. The third-order valence-electron chi connectivity index (χ3n) is 3.38. The van der Waals surface area contributed by atoms with Crippen LogP contribution < -0.4 is 0 Å². The van der Waals surface area contributed by atoms with Gasteiger partial charge in [-0.3, -0.25) is 0 Å². The Morgan fingerprint density at radius 2 is 2.05 bits per heavy atom. The van der Waals surface area contributed by atoms with Crippen LogP contribution >= 0.6 is 23.4 Å². The van der Waals surface area contributed by atoms with Gasteiger partial charge in [0.15, 0.2) is 5.65 Å². The summed E-state index contributed by atoms with van der Waals surface area (Å²) in [6, 6.07) is 4.40. The Morgan fingerprint density at radius 3 is 2.70 bits per heavy atom. The van der Waals surface area contributed by atoms with Crippen molar-refractivity contribution >= 4 is 34.5 Å². The number of thioether (sulfide) groups is 1. The van der Waals surface area contributed by atoms with Crippen molar-refractivity contribution in [2.24, 2.45) is 0 Å². The first-order chi connectivity index (χ1) is 9.54. The van der Waals surface area contributed by atoms with Crippen LogP contribution in [0.1, 0.15) is 50.1 Å². The number of pyridine rings is 1. The smallest absolute Gasteiger partial charge is 0.160 e. The van der Waals surface area contributed by atoms with Gasteiger partial charge in [-0.25, -0.2) is 9.97 Å². The molecule has 0 aliphatic heterocycles. The Bertz CT molecular complexity index is 580. The zero-order valence-electron chi connectivity index (χ0n) is 12.6. The molecule has 110 valence electrons. The highest BCUT2D eigenvalue weighted by Crippen LogP contribution is 2.29. The molecule has 2 atom stereocenters. The average molecular weight is 312 g/mol. The van der Waals surface area contributed by atoms with Crippen molar-refractivity contribution in [3.05, 3.63) is 23.7 Å². The molecule has 2 aromatic rings. The summed E-state index contributed by atoms with van der Waals surface area (Å²) in [4.78, 5) is 9.33. The van der Waals surface area contributed by atoms with Crippen molar-refractivity contribution in [1.82, 2.24) is 14.5 Å². The second-order valence-electron chi connectivity index (χ2n) is 5.09. The van der Waals surface area contributed by atoms with Gasteiger partial charge in [0.2, 0.25) is 0 Å². The number of alkyl halides is 1. The third kappa shape index (κ3) is 3.29. The van der Waals surface area contributed by atoms with E-state index in [0.717, 1.165) is 40.6 Å². The normalized spacial score (nSPS) is 14.7. The Hall–Kier alpha value is -0.740. The summed E-state index contributed by atoms with van der Waals surface area (Å²) in [5.41, 5.74) is 2.91. The molecule has 0 radical (unpaired) electrons. The number of hydrogen-bond donors (Lipinski definition) is 0. The van der Waals surface area contributed by atoms with Crippen molar-refractivity contribution in [2.75, 3.05) is 11.5 Å². The number of imidazole rings is 1. The average Bonchev–Trinajstić information content (AvgIpc) is 2.77. The van der Waals surface area contributed by atoms with Crippen LogP contribution in [0.2, 0.25) is 0 Å². The summed E-state index contributed by atoms with van der Waals surface area (Å²) in [7, 11) is 0. The van der Waals surface area contributed by atoms with Gasteiger partial charge in [0, 0.05) is 11.7 Å². The highest BCUT2D eigenvalue weighted by Gasteiger charge is 2.19. The van der Waals surface area contributed by atoms with Gasteiger partial charge in [0.1, 0.15) is 11.3 Å². The van der Waals surface area contributed by atoms with Gasteiger partial charge in [-0.15, -0.1) is 11.6 Å². The topological polar surface area (TPSA) is 30.7 Å². The molecule has 2 unspecified atom stereocenters. The highest BCUT2D eigenvalue weighted by molar-refractivity contribution is 7.99. The molecule has 20 heavy (non-hydrogen) atoms. The third-order valence-corrected chi connectivity index (χ3v) is 4.51. The van der Waals surface area contributed by atoms with E-state index in [1.807, 2.05) is 37.7 Å². The summed E-state index contributed by atoms with van der Waals surface area (Å²) in [6.45, 7) is 8.40. The van der Waals surface area contributed by atoms with Crippen LogP contribution in [0.4, 0.5) is 0 Å². The predicted octanol–water partition coefficient (Wildman–Crippen LogP) is 4.74. The lowest BCUT2D eigenvalue weighted by Gasteiger charge is -2.18. The monoisotopic (exact) mass is 311 g/mol. The Balaban J connectivity index is 2.42. The van der Waals surface area contributed by atoms with Gasteiger partial charge in [0.05, 0.1) is 5.38 Å². The van der Waals surface area contributed by atoms with E-state index in [0.29, 0.717) is 6.04 Å². The summed E-state index contributed by atoms with van der Waals surface area (Å²) in [6.07, 6.45) is 1.11. The molecule has 2 aromatic heterocycles. The SMILES string of the molecule is CCSCCC(C)n1c(C(C)Cl)nc2ccc(C)nc21. The minimum Gasteiger partial charge on any atom is -0.309 e. The van der Waals surface area contributed by atoms with E-state index in [9.17, 15) is 0 Å². The predicted molar refractivity (Wildman–Crippen MR) is 88.9 cm³/mol. The molecule has 0 aliphatic carbocycles. The molecule has 2 heterocycles. The van der Waals surface area contributed by atoms with Crippen LogP contribution in [0.25, 0.3) is 11.2 Å². The molecule has 0 amide bonds. The number of fused-ring (bicyclic) bond motifs is 1. The fraction of sp³-hybridized carbons (Fsp3) is 0.600. The summed E-state index contributed by atoms with van der Waals surface area (Å²) >= 11 is 8.28. The van der Waals surface area contributed by atoms with Crippen molar-refractivity contribution < 1.29 is 0 Å². The van der Waals surface area contributed by atoms with E-state index in [2.05, 4.69) is 28.4 Å². The van der Waals surface area contributed by atoms with Gasteiger partial charge < -0.3 is 4.57 Å². The van der Waals surface area contributed by atoms with Crippen molar-refractivity contribution in [2.45, 2.75) is 45.5 Å². The van der Waals surface area contributed by atoms with Gasteiger partial charge in [-0.2, -0.15) is 11.8 Å². The highest BCUT2D eigenvalue weighted by atomic mass is 35.5. The zero-order valence-corrected chi connectivity index (χ0v) is 14.1. The quantitative estimate of drug-likeness (QED) is 0.570. The molecule has 0 bridgehead atoms. The first kappa shape index (κ1) is 15.6. The van der Waals surface area contributed by atoms with Gasteiger partial charge in [-0.05, 0) is 50.8 Å². The molecule has 5 heteroatoms. The zero-order chi connectivity index (χ0) is 14.7. The fourth-order valence-electron chi connectivity index (χ4n) is 2.33. The van der Waals surface area contributed by atoms with E-state index in [1.165, 1.54) is 0 Å². The number of aromatic nitrogens is 3. The molecule has 0 spiro atoms. The number of rotatable bonds is 6. The number of hydrogen-bond acceptors (Lipinski definition) is 3. The van der Waals surface area contributed by atoms with Crippen LogP contribution in [0, 0.1) is 6.92 Å². The minimum absolute atomic E-state index is 0.106. The number of nitrogens with zero attached hydrogens (tertiary/aromatic N) is 3. The largest absolute Gasteiger partial charge is 0.309 e. The molecule has 0 aliphatic rings. The van der Waals surface area contributed by atoms with E-state index in [-0.39, 0.29) is 5.38 Å². The van der Waals surface area contributed by atoms with E-state index < -0.39 is 0 Å². The van der Waals surface area contributed by atoms with Crippen LogP contribution in [0.3, 0.4) is 0 Å². The molecular weight excluding hydrogens is 290 g/mol. The summed E-state index contributed by atoms with van der Waals surface area (Å²) < 4.78 is 2.22. The molecular formula is C15H22ClN3S. The number of aryl methyl sites for hydroxylation is 1. The van der Waals surface area contributed by atoms with Gasteiger partial charge in [-0.1, -0.05) is 6.92 Å². The molecule has 0 saturated carbocycles. The molecule has 2 rings (SSSR count). The van der Waals surface area contributed by atoms with Crippen LogP contribution in [0.5, 0.6) is 0 Å². The molecule has 0 N–H and O–H groups in total. The number of halogens is 1. The Labute approximate surface area is 130 Å². The standard InChI is InChI=1S/C15H22ClN3S/c1-5-20-9-8-11(3)19-14(12(4)16)18-13-7-6-10(2)17-15(13)19/h6-7,11-12H,5,8-9H2,1-4H3. The molecule has 0 saturated heterocycles. The van der Waals surface area contributed by atoms with Crippen molar-refractivity contribution in [3.63, 3.8) is 0 Å². The van der Waals surface area contributed by atoms with E-state index >= 15 is 0 Å². The minimum atomic E-state index is -0.106. The first-order valence-electron chi connectivity index (χ1n) is 7.11. The van der Waals surface area contributed by atoms with E-state index in [1.54, 1.807) is 0 Å². The lowest BCUT2D eigenvalue weighted by atomic mass is 10.2. The van der Waals surface area contributed by atoms with Crippen molar-refractivity contribution in [3.8, 4) is 0 Å². The fourth-order valence-corrected chi connectivity index (χ4v) is 3.28. The molecule has 3 nitrogen and oxygen atoms in total. The van der Waals surface area contributed by atoms with E-state index in [4.69, 9.17) is 11.6 Å². The summed E-state index contributed by atoms with van der Waals surface area (Å²) in [5.74, 6) is 3.24. The van der Waals surface area contributed by atoms with Gasteiger partial charge in [0.25, 0.3) is 0 Å². The Morgan fingerprint density at radius 1 is 1.30 bits per heavy atom. The Kier molecular flexibility index (Phi) is 5.33. The van der Waals surface area contributed by atoms with Gasteiger partial charge >= 0.3 is 0 Å². The molecule has 0 aromatic carbocycles. The first-order valence-corrected chi connectivity index (χ1v) is 8.71. The second-order valence-corrected chi connectivity index (χ2v) is 7.13. The lowest BCUT2D eigenvalue weighted by molar-refractivity contribution is 0.522. The van der Waals surface area contributed by atoms with Crippen LogP contribution in [0.15, 0.2) is 12.1 Å². The van der Waals surface area contributed by atoms with Crippen molar-refractivity contribution in [1.29, 1.82) is 0 Å². The maximum atomic E-state index is 6.31. The summed E-state index contributed by atoms with van der Waals surface area (Å²) in [5, 5.41) is -0.106. The maximum absolute atomic E-state index is 6.31. The lowest BCUT2D eigenvalue weighted by Crippen LogP contribution is -2.11. The second kappa shape index (κ2) is 6.81. The molecule has 0 fully saturated rings.